The Labute approximate surface area is 238 Å². The second-order valence-electron chi connectivity index (χ2n) is 13.2. The number of piperidine rings is 1. The highest BCUT2D eigenvalue weighted by Crippen LogP contribution is 2.54. The lowest BCUT2D eigenvalue weighted by atomic mass is 9.82. The van der Waals surface area contributed by atoms with Crippen molar-refractivity contribution in [2.45, 2.75) is 43.7 Å². The summed E-state index contributed by atoms with van der Waals surface area (Å²) in [4.78, 5) is 36.3. The number of fused-ring (bicyclic) bond motifs is 2. The molecule has 6 heterocycles. The highest BCUT2D eigenvalue weighted by Gasteiger charge is 2.64. The van der Waals surface area contributed by atoms with Crippen molar-refractivity contribution in [2.75, 3.05) is 50.8 Å². The van der Waals surface area contributed by atoms with Crippen molar-refractivity contribution >= 4 is 23.2 Å². The number of carbonyl (C=O) groups excluding carboxylic acids is 1. The number of aromatic nitrogens is 3. The number of carbonyl (C=O) groups is 2. The molecule has 1 N–H and O–H groups in total. The number of aryl methyl sites for hydroxylation is 1. The van der Waals surface area contributed by atoms with Gasteiger partial charge in [-0.3, -0.25) is 14.5 Å². The molecule has 1 aliphatic carbocycles. The smallest absolute Gasteiger partial charge is 0.307 e. The minimum atomic E-state index is -0.662. The summed E-state index contributed by atoms with van der Waals surface area (Å²) in [5.74, 6) is -0.229. The van der Waals surface area contributed by atoms with Crippen LogP contribution in [0.25, 0.3) is 5.65 Å². The summed E-state index contributed by atoms with van der Waals surface area (Å²) >= 11 is 0. The minimum Gasteiger partial charge on any atom is -0.481 e. The Morgan fingerprint density at radius 2 is 1.85 bits per heavy atom. The van der Waals surface area contributed by atoms with Crippen LogP contribution in [0.4, 0.5) is 5.69 Å². The van der Waals surface area contributed by atoms with Gasteiger partial charge in [0, 0.05) is 38.1 Å². The third-order valence-corrected chi connectivity index (χ3v) is 10.7. The van der Waals surface area contributed by atoms with Crippen molar-refractivity contribution in [1.29, 1.82) is 0 Å². The van der Waals surface area contributed by atoms with Gasteiger partial charge in [-0.05, 0) is 48.8 Å². The maximum Gasteiger partial charge on any atom is 0.307 e. The molecule has 0 bridgehead atoms. The average molecular weight is 557 g/mol. The first-order chi connectivity index (χ1) is 19.7. The van der Waals surface area contributed by atoms with Crippen LogP contribution >= 0.6 is 0 Å². The lowest BCUT2D eigenvalue weighted by Crippen LogP contribution is -2.66. The average Bonchev–Trinajstić information content (AvgIpc) is 3.51. The van der Waals surface area contributed by atoms with Gasteiger partial charge >= 0.3 is 5.97 Å². The van der Waals surface area contributed by atoms with Gasteiger partial charge in [-0.1, -0.05) is 37.3 Å². The van der Waals surface area contributed by atoms with Gasteiger partial charge in [-0.15, -0.1) is 5.10 Å². The Kier molecular flexibility index (Phi) is 5.39. The van der Waals surface area contributed by atoms with Gasteiger partial charge in [0.2, 0.25) is 5.82 Å². The second-order valence-corrected chi connectivity index (χ2v) is 13.2. The van der Waals surface area contributed by atoms with E-state index in [0.29, 0.717) is 25.3 Å². The van der Waals surface area contributed by atoms with Crippen LogP contribution in [0.2, 0.25) is 0 Å². The van der Waals surface area contributed by atoms with Crippen molar-refractivity contribution in [3.05, 3.63) is 59.5 Å². The predicted octanol–water partition coefficient (Wildman–Crippen LogP) is 2.45. The van der Waals surface area contributed by atoms with Gasteiger partial charge in [-0.2, -0.15) is 0 Å². The van der Waals surface area contributed by atoms with Crippen molar-refractivity contribution in [1.82, 2.24) is 24.4 Å². The molecule has 10 heteroatoms. The Morgan fingerprint density at radius 3 is 2.56 bits per heavy atom. The molecule has 1 saturated carbocycles. The normalized spacial score (nSPS) is 34.4. The number of rotatable bonds is 5. The molecule has 214 valence electrons. The van der Waals surface area contributed by atoms with Gasteiger partial charge in [-0.25, -0.2) is 9.50 Å². The van der Waals surface area contributed by atoms with Gasteiger partial charge in [0.25, 0.3) is 5.91 Å². The number of amides is 1. The Morgan fingerprint density at radius 1 is 1.07 bits per heavy atom. The number of nitrogens with zero attached hydrogens (tertiary/aromatic N) is 6. The molecular weight excluding hydrogens is 520 g/mol. The maximum absolute atomic E-state index is 13.6. The van der Waals surface area contributed by atoms with Crippen LogP contribution in [0.5, 0.6) is 0 Å². The van der Waals surface area contributed by atoms with E-state index in [4.69, 9.17) is 4.74 Å². The van der Waals surface area contributed by atoms with E-state index in [9.17, 15) is 14.7 Å². The minimum absolute atomic E-state index is 0.0915. The van der Waals surface area contributed by atoms with Crippen molar-refractivity contribution in [2.24, 2.45) is 17.8 Å². The van der Waals surface area contributed by atoms with E-state index in [1.54, 1.807) is 4.52 Å². The highest BCUT2D eigenvalue weighted by molar-refractivity contribution is 5.91. The van der Waals surface area contributed by atoms with E-state index >= 15 is 0 Å². The molecule has 41 heavy (non-hydrogen) atoms. The summed E-state index contributed by atoms with van der Waals surface area (Å²) in [6.07, 6.45) is 3.86. The fourth-order valence-corrected chi connectivity index (χ4v) is 8.17. The summed E-state index contributed by atoms with van der Waals surface area (Å²) in [6.45, 7) is 9.67. The summed E-state index contributed by atoms with van der Waals surface area (Å²) < 4.78 is 7.90. The van der Waals surface area contributed by atoms with Gasteiger partial charge in [0.15, 0.2) is 5.65 Å². The first-order valence-corrected chi connectivity index (χ1v) is 14.8. The van der Waals surface area contributed by atoms with Gasteiger partial charge in [0.05, 0.1) is 37.0 Å². The number of carboxylic acids is 1. The molecule has 5 fully saturated rings. The zero-order valence-electron chi connectivity index (χ0n) is 23.6. The zero-order valence-corrected chi connectivity index (χ0v) is 23.6. The zero-order chi connectivity index (χ0) is 28.1. The molecule has 4 saturated heterocycles. The molecule has 1 spiro atoms. The van der Waals surface area contributed by atoms with Crippen LogP contribution < -0.4 is 4.90 Å². The summed E-state index contributed by atoms with van der Waals surface area (Å²) in [6, 6.07) is 13.1. The maximum atomic E-state index is 13.6. The molecule has 4 aliphatic heterocycles. The number of aliphatic carboxylic acids is 1. The van der Waals surface area contributed by atoms with E-state index in [0.717, 1.165) is 50.3 Å². The molecular formula is C31H36N6O4. The van der Waals surface area contributed by atoms with E-state index in [2.05, 4.69) is 63.2 Å². The number of benzene rings is 1. The summed E-state index contributed by atoms with van der Waals surface area (Å²) in [5, 5.41) is 14.0. The standard InChI is InChI=1S/C31H36N6O4/c1-19-12-21(34-10-8-30(2,17-34)20-6-4-3-5-7-20)13-37-27(19)32-26(33-37)28(38)35-11-9-31(18-35)24(16-41-31)36-14-22-23(15-36)25(22)29(39)40/h3-7,12-13,22-25H,8-11,14-18H2,1-2H3,(H,39,40)/t22?,23?,24?,25?,30-,31?/m0/s1. The summed E-state index contributed by atoms with van der Waals surface area (Å²) in [5.41, 5.74) is 3.88. The van der Waals surface area contributed by atoms with Crippen LogP contribution in [-0.4, -0.2) is 98.9 Å². The van der Waals surface area contributed by atoms with E-state index in [1.807, 2.05) is 18.0 Å². The molecule has 3 aromatic rings. The molecule has 8 rings (SSSR count). The SMILES string of the molecule is Cc1cc(N2CC[C@](C)(c3ccccc3)C2)cn2nc(C(=O)N3CCC4(C3)OCC4N3CC4C(C3)C4C(=O)O)nc12. The van der Waals surface area contributed by atoms with Crippen LogP contribution in [0.1, 0.15) is 41.5 Å². The van der Waals surface area contributed by atoms with E-state index in [-0.39, 0.29) is 46.5 Å². The fourth-order valence-electron chi connectivity index (χ4n) is 8.17. The molecule has 1 aromatic carbocycles. The van der Waals surface area contributed by atoms with Crippen molar-refractivity contribution < 1.29 is 19.4 Å². The Bertz CT molecular complexity index is 1550. The number of pyridine rings is 1. The quantitative estimate of drug-likeness (QED) is 0.511. The van der Waals surface area contributed by atoms with Crippen LogP contribution in [0, 0.1) is 24.7 Å². The number of anilines is 1. The third kappa shape index (κ3) is 3.83. The first-order valence-electron chi connectivity index (χ1n) is 14.8. The highest BCUT2D eigenvalue weighted by atomic mass is 16.5. The van der Waals surface area contributed by atoms with Crippen LogP contribution in [0.3, 0.4) is 0 Å². The van der Waals surface area contributed by atoms with Crippen LogP contribution in [0.15, 0.2) is 42.6 Å². The summed E-state index contributed by atoms with van der Waals surface area (Å²) in [7, 11) is 0. The van der Waals surface area contributed by atoms with Crippen LogP contribution in [-0.2, 0) is 14.9 Å². The number of ether oxygens (including phenoxy) is 1. The molecule has 1 amide bonds. The second kappa shape index (κ2) is 8.75. The van der Waals surface area contributed by atoms with Gasteiger partial charge in [0.1, 0.15) is 5.60 Å². The van der Waals surface area contributed by atoms with E-state index in [1.165, 1.54) is 5.56 Å². The van der Waals surface area contributed by atoms with Gasteiger partial charge < -0.3 is 19.6 Å². The predicted molar refractivity (Wildman–Crippen MR) is 151 cm³/mol. The first kappa shape index (κ1) is 25.2. The fraction of sp³-hybridized carbons (Fsp3) is 0.548. The lowest BCUT2D eigenvalue weighted by molar-refractivity contribution is -0.203. The molecule has 4 unspecified atom stereocenters. The monoisotopic (exact) mass is 556 g/mol. The van der Waals surface area contributed by atoms with Crippen molar-refractivity contribution in [3.63, 3.8) is 0 Å². The Hall–Kier alpha value is -3.50. The number of likely N-dealkylation sites (tertiary alicyclic amines) is 2. The largest absolute Gasteiger partial charge is 0.481 e. The third-order valence-electron chi connectivity index (χ3n) is 10.7. The molecule has 5 atom stereocenters. The molecule has 5 aliphatic rings. The molecule has 2 aromatic heterocycles. The Balaban J connectivity index is 0.966. The topological polar surface area (TPSA) is 104 Å². The number of hydrogen-bond donors (Lipinski definition) is 1. The van der Waals surface area contributed by atoms with E-state index < -0.39 is 5.97 Å². The lowest BCUT2D eigenvalue weighted by Gasteiger charge is -2.51. The molecule has 0 radical (unpaired) electrons. The number of hydrogen-bond acceptors (Lipinski definition) is 7. The molecule has 10 nitrogen and oxygen atoms in total. The van der Waals surface area contributed by atoms with Crippen molar-refractivity contribution in [3.8, 4) is 0 Å². The number of carboxylic acid groups (broad SMARTS) is 1.